The van der Waals surface area contributed by atoms with Crippen molar-refractivity contribution < 1.29 is 28.6 Å². The zero-order valence-electron chi connectivity index (χ0n) is 53.0. The molecular weight excluding hydrogens is 997 g/mol. The molecule has 1 unspecified atom stereocenters. The summed E-state index contributed by atoms with van der Waals surface area (Å²) in [6, 6.07) is 0. The number of carbonyl (C=O) groups is 3. The summed E-state index contributed by atoms with van der Waals surface area (Å²) in [6.07, 6.45) is 95.0. The molecule has 6 nitrogen and oxygen atoms in total. The van der Waals surface area contributed by atoms with Gasteiger partial charge < -0.3 is 14.2 Å². The van der Waals surface area contributed by atoms with E-state index in [9.17, 15) is 14.4 Å². The molecule has 0 fully saturated rings. The Labute approximate surface area is 501 Å². The first-order valence-electron chi connectivity index (χ1n) is 34.0. The molecule has 462 valence electrons. The fourth-order valence-corrected chi connectivity index (χ4v) is 9.33. The van der Waals surface area contributed by atoms with Gasteiger partial charge in [0.05, 0.1) is 0 Å². The van der Waals surface area contributed by atoms with E-state index in [1.165, 1.54) is 154 Å². The number of hydrogen-bond acceptors (Lipinski definition) is 6. The predicted octanol–water partition coefficient (Wildman–Crippen LogP) is 23.6. The Balaban J connectivity index is 4.27. The molecule has 0 aromatic carbocycles. The monoisotopic (exact) mass is 1120 g/mol. The van der Waals surface area contributed by atoms with Crippen molar-refractivity contribution in [1.29, 1.82) is 0 Å². The van der Waals surface area contributed by atoms with Gasteiger partial charge >= 0.3 is 17.9 Å². The molecule has 0 heterocycles. The lowest BCUT2D eigenvalue weighted by Crippen LogP contribution is -2.30. The van der Waals surface area contributed by atoms with E-state index >= 15 is 0 Å². The lowest BCUT2D eigenvalue weighted by atomic mass is 10.1. The largest absolute Gasteiger partial charge is 0.462 e. The predicted molar refractivity (Wildman–Crippen MR) is 353 cm³/mol. The Morgan fingerprint density at radius 3 is 0.790 bits per heavy atom. The third-order valence-electron chi connectivity index (χ3n) is 14.4. The molecule has 0 rings (SSSR count). The van der Waals surface area contributed by atoms with Crippen LogP contribution in [0.1, 0.15) is 316 Å². The van der Waals surface area contributed by atoms with Crippen molar-refractivity contribution in [1.82, 2.24) is 0 Å². The Kier molecular flexibility index (Phi) is 64.8. The van der Waals surface area contributed by atoms with Crippen LogP contribution in [0.2, 0.25) is 0 Å². The van der Waals surface area contributed by atoms with Crippen LogP contribution in [-0.2, 0) is 28.6 Å². The zero-order chi connectivity index (χ0) is 58.5. The van der Waals surface area contributed by atoms with E-state index in [4.69, 9.17) is 14.2 Å². The van der Waals surface area contributed by atoms with E-state index in [-0.39, 0.29) is 31.1 Å². The van der Waals surface area contributed by atoms with Gasteiger partial charge in [-0.3, -0.25) is 14.4 Å². The quantitative estimate of drug-likeness (QED) is 0.0261. The molecule has 1 atom stereocenters. The van der Waals surface area contributed by atoms with E-state index < -0.39 is 6.10 Å². The van der Waals surface area contributed by atoms with Crippen molar-refractivity contribution in [3.63, 3.8) is 0 Å². The summed E-state index contributed by atoms with van der Waals surface area (Å²) in [5.74, 6) is -0.900. The summed E-state index contributed by atoms with van der Waals surface area (Å²) in [5, 5.41) is 0. The van der Waals surface area contributed by atoms with E-state index in [0.717, 1.165) is 122 Å². The second-order valence-corrected chi connectivity index (χ2v) is 22.3. The standard InChI is InChI=1S/C75H126O6/c1-4-7-10-13-16-19-22-25-27-29-31-32-33-34-35-36-37-38-39-40-41-42-43-44-45-47-48-50-53-56-59-62-65-68-74(77)80-71-72(70-79-73(76)67-64-61-58-55-52-24-21-18-15-12-9-6-3)81-75(78)69-66-63-60-57-54-51-49-46-30-28-26-23-20-17-14-11-8-5-2/h7,10,16,18-19,21,25,27-28,30-32,34-35,37-38,40-41,43-44,72H,4-6,8-9,11-15,17,20,22-24,26,29,33,36,39,42,45-71H2,1-3H3/b10-7-,19-16-,21-18-,27-25-,30-28-,32-31-,35-34-,38-37-,41-40-,44-43-. The third kappa shape index (κ3) is 66.5. The van der Waals surface area contributed by atoms with Crippen molar-refractivity contribution >= 4 is 17.9 Å². The van der Waals surface area contributed by atoms with Crippen LogP contribution in [0.4, 0.5) is 0 Å². The van der Waals surface area contributed by atoms with Crippen molar-refractivity contribution in [3.05, 3.63) is 122 Å². The Morgan fingerprint density at radius 2 is 0.481 bits per heavy atom. The lowest BCUT2D eigenvalue weighted by molar-refractivity contribution is -0.167. The molecule has 0 aromatic rings. The van der Waals surface area contributed by atoms with Crippen LogP contribution in [-0.4, -0.2) is 37.2 Å². The summed E-state index contributed by atoms with van der Waals surface area (Å²) in [5.41, 5.74) is 0. The highest BCUT2D eigenvalue weighted by atomic mass is 16.6. The molecule has 0 aromatic heterocycles. The molecule has 0 N–H and O–H groups in total. The molecule has 0 aliphatic heterocycles. The minimum Gasteiger partial charge on any atom is -0.462 e. The molecule has 0 aliphatic rings. The van der Waals surface area contributed by atoms with E-state index in [2.05, 4.69) is 142 Å². The maximum Gasteiger partial charge on any atom is 0.306 e. The average molecular weight is 1120 g/mol. The number of esters is 3. The molecule has 0 radical (unpaired) electrons. The average Bonchev–Trinajstić information content (AvgIpc) is 3.47. The van der Waals surface area contributed by atoms with E-state index in [0.29, 0.717) is 19.3 Å². The lowest BCUT2D eigenvalue weighted by Gasteiger charge is -2.18. The normalized spacial score (nSPS) is 12.9. The summed E-state index contributed by atoms with van der Waals surface area (Å²) < 4.78 is 16.9. The fraction of sp³-hybridized carbons (Fsp3) is 0.693. The summed E-state index contributed by atoms with van der Waals surface area (Å²) in [6.45, 7) is 6.50. The van der Waals surface area contributed by atoms with Crippen LogP contribution in [0.25, 0.3) is 0 Å². The highest BCUT2D eigenvalue weighted by Gasteiger charge is 2.19. The fourth-order valence-electron chi connectivity index (χ4n) is 9.33. The van der Waals surface area contributed by atoms with Gasteiger partial charge in [0.25, 0.3) is 0 Å². The van der Waals surface area contributed by atoms with Gasteiger partial charge in [-0.2, -0.15) is 0 Å². The highest BCUT2D eigenvalue weighted by Crippen LogP contribution is 2.16. The highest BCUT2D eigenvalue weighted by molar-refractivity contribution is 5.71. The van der Waals surface area contributed by atoms with Crippen molar-refractivity contribution in [2.24, 2.45) is 0 Å². The van der Waals surface area contributed by atoms with Gasteiger partial charge in [0.15, 0.2) is 6.10 Å². The van der Waals surface area contributed by atoms with Gasteiger partial charge in [-0.25, -0.2) is 0 Å². The van der Waals surface area contributed by atoms with Crippen LogP contribution in [0.15, 0.2) is 122 Å². The molecular formula is C75H126O6. The maximum absolute atomic E-state index is 12.9. The molecule has 6 heteroatoms. The first-order chi connectivity index (χ1) is 40.0. The van der Waals surface area contributed by atoms with Gasteiger partial charge in [0, 0.05) is 19.3 Å². The molecule has 0 amide bonds. The van der Waals surface area contributed by atoms with Gasteiger partial charge in [-0.15, -0.1) is 0 Å². The van der Waals surface area contributed by atoms with Gasteiger partial charge in [-0.05, 0) is 135 Å². The van der Waals surface area contributed by atoms with Crippen LogP contribution >= 0.6 is 0 Å². The number of rotatable bonds is 61. The van der Waals surface area contributed by atoms with E-state index in [1.54, 1.807) is 0 Å². The number of ether oxygens (including phenoxy) is 3. The van der Waals surface area contributed by atoms with Gasteiger partial charge in [0.1, 0.15) is 13.2 Å². The van der Waals surface area contributed by atoms with Crippen LogP contribution in [0.5, 0.6) is 0 Å². The maximum atomic E-state index is 12.9. The molecule has 0 saturated carbocycles. The topological polar surface area (TPSA) is 78.9 Å². The molecule has 0 bridgehead atoms. The number of allylic oxidation sites excluding steroid dienone is 20. The van der Waals surface area contributed by atoms with Crippen molar-refractivity contribution in [2.45, 2.75) is 322 Å². The second-order valence-electron chi connectivity index (χ2n) is 22.3. The Hall–Kier alpha value is -4.19. The van der Waals surface area contributed by atoms with E-state index in [1.807, 2.05) is 0 Å². The minimum absolute atomic E-state index is 0.0866. The van der Waals surface area contributed by atoms with Crippen molar-refractivity contribution in [2.75, 3.05) is 13.2 Å². The minimum atomic E-state index is -0.790. The number of carbonyl (C=O) groups excluding carboxylic acids is 3. The smallest absolute Gasteiger partial charge is 0.306 e. The SMILES string of the molecule is CC/C=C\C/C=C\C/C=C\C/C=C\C/C=C\C/C=C\C/C=C\C/C=C\CCCCCCCCCCC(=O)OCC(COC(=O)CCCCCCC/C=C\CCCCC)OC(=O)CCCCCCCCC/C=C\CCCCCCCCC. The Bertz CT molecular complexity index is 1670. The van der Waals surface area contributed by atoms with Crippen LogP contribution < -0.4 is 0 Å². The third-order valence-corrected chi connectivity index (χ3v) is 14.4. The molecule has 81 heavy (non-hydrogen) atoms. The summed E-state index contributed by atoms with van der Waals surface area (Å²) in [4.78, 5) is 38.3. The molecule has 0 saturated heterocycles. The summed E-state index contributed by atoms with van der Waals surface area (Å²) in [7, 11) is 0. The first-order valence-corrected chi connectivity index (χ1v) is 34.0. The first kappa shape index (κ1) is 76.8. The second kappa shape index (κ2) is 68.3. The van der Waals surface area contributed by atoms with Crippen LogP contribution in [0.3, 0.4) is 0 Å². The van der Waals surface area contributed by atoms with Gasteiger partial charge in [0.2, 0.25) is 0 Å². The zero-order valence-corrected chi connectivity index (χ0v) is 53.0. The molecule has 0 aliphatic carbocycles. The Morgan fingerprint density at radius 1 is 0.259 bits per heavy atom. The molecule has 0 spiro atoms. The van der Waals surface area contributed by atoms with Crippen LogP contribution in [0, 0.1) is 0 Å². The summed E-state index contributed by atoms with van der Waals surface area (Å²) >= 11 is 0. The van der Waals surface area contributed by atoms with Gasteiger partial charge in [-0.1, -0.05) is 284 Å². The number of hydrogen-bond donors (Lipinski definition) is 0. The van der Waals surface area contributed by atoms with Crippen molar-refractivity contribution in [3.8, 4) is 0 Å². The number of unbranched alkanes of at least 4 members (excludes halogenated alkanes) is 30.